The first-order valence-electron chi connectivity index (χ1n) is 20.4. The van der Waals surface area contributed by atoms with E-state index in [-0.39, 0.29) is 19.1 Å². The summed E-state index contributed by atoms with van der Waals surface area (Å²) in [7, 11) is 1.54. The van der Waals surface area contributed by atoms with E-state index in [0.29, 0.717) is 17.4 Å². The molecule has 3 atom stereocenters. The highest BCUT2D eigenvalue weighted by Gasteiger charge is 2.27. The Balaban J connectivity index is 4.53. The van der Waals surface area contributed by atoms with Crippen molar-refractivity contribution in [2.75, 3.05) is 40.9 Å². The number of aliphatic hydroxyl groups excluding tert-OH is 1. The summed E-state index contributed by atoms with van der Waals surface area (Å²) in [6.45, 7) is 4.75. The number of carbonyl (C=O) groups excluding carboxylic acids is 1. The number of phosphoric ester groups is 1. The monoisotopic (exact) mass is 728 g/mol. The first kappa shape index (κ1) is 48.7. The molecular formula is C41H80N2O6P+. The first-order valence-corrected chi connectivity index (χ1v) is 21.9. The van der Waals surface area contributed by atoms with Gasteiger partial charge in [0.2, 0.25) is 5.91 Å². The molecule has 0 radical (unpaired) electrons. The van der Waals surface area contributed by atoms with Crippen LogP contribution >= 0.6 is 7.82 Å². The molecule has 0 aliphatic carbocycles. The van der Waals surface area contributed by atoms with Crippen molar-refractivity contribution in [3.63, 3.8) is 0 Å². The van der Waals surface area contributed by atoms with Crippen LogP contribution in [0.15, 0.2) is 36.5 Å². The number of phosphoric acid groups is 1. The third-order valence-corrected chi connectivity index (χ3v) is 9.82. The Hall–Kier alpha value is -1.28. The number of nitrogens with one attached hydrogen (secondary N) is 1. The minimum atomic E-state index is -4.34. The van der Waals surface area contributed by atoms with Crippen molar-refractivity contribution in [3.8, 4) is 0 Å². The first-order chi connectivity index (χ1) is 24.0. The van der Waals surface area contributed by atoms with E-state index in [1.54, 1.807) is 6.08 Å². The molecule has 0 heterocycles. The summed E-state index contributed by atoms with van der Waals surface area (Å²) >= 11 is 0. The van der Waals surface area contributed by atoms with Gasteiger partial charge in [-0.15, -0.1) is 0 Å². The summed E-state index contributed by atoms with van der Waals surface area (Å²) in [6, 6.07) is -0.864. The van der Waals surface area contributed by atoms with Crippen molar-refractivity contribution in [1.82, 2.24) is 5.32 Å². The highest BCUT2D eigenvalue weighted by molar-refractivity contribution is 7.47. The molecule has 9 heteroatoms. The van der Waals surface area contributed by atoms with Crippen LogP contribution in [0, 0.1) is 0 Å². The average Bonchev–Trinajstić information content (AvgIpc) is 3.06. The van der Waals surface area contributed by atoms with Gasteiger partial charge in [-0.1, -0.05) is 140 Å². The fourth-order valence-electron chi connectivity index (χ4n) is 5.52. The van der Waals surface area contributed by atoms with Crippen molar-refractivity contribution in [2.45, 2.75) is 180 Å². The zero-order valence-electron chi connectivity index (χ0n) is 33.1. The zero-order chi connectivity index (χ0) is 37.2. The highest BCUT2D eigenvalue weighted by Crippen LogP contribution is 2.43. The molecule has 0 aliphatic rings. The molecular weight excluding hydrogens is 647 g/mol. The van der Waals surface area contributed by atoms with Gasteiger partial charge in [0.25, 0.3) is 0 Å². The van der Waals surface area contributed by atoms with Crippen LogP contribution in [0.5, 0.6) is 0 Å². The van der Waals surface area contributed by atoms with Crippen molar-refractivity contribution in [2.24, 2.45) is 0 Å². The van der Waals surface area contributed by atoms with E-state index in [0.717, 1.165) is 51.4 Å². The maximum Gasteiger partial charge on any atom is 0.472 e. The van der Waals surface area contributed by atoms with Crippen LogP contribution in [0.2, 0.25) is 0 Å². The standard InChI is InChI=1S/C41H79N2O6P/c1-6-8-10-12-14-16-18-20-21-22-23-25-27-29-31-33-35-41(45)42-39(38-49-50(46,47)48-37-36-43(3,4)5)40(44)34-32-30-28-26-24-19-17-15-13-11-9-7-2/h21-22,24,26,32,34,39-40,44H,6-20,23,25,27-31,33,35-38H2,1-5H3,(H-,42,45,46,47)/p+1/b22-21-,26-24+,34-32+. The van der Waals surface area contributed by atoms with Crippen LogP contribution in [-0.4, -0.2) is 73.4 Å². The highest BCUT2D eigenvalue weighted by atomic mass is 31.2. The smallest absolute Gasteiger partial charge is 0.387 e. The minimum Gasteiger partial charge on any atom is -0.387 e. The lowest BCUT2D eigenvalue weighted by atomic mass is 10.1. The van der Waals surface area contributed by atoms with Gasteiger partial charge in [0.1, 0.15) is 13.2 Å². The van der Waals surface area contributed by atoms with E-state index in [9.17, 15) is 19.4 Å². The summed E-state index contributed by atoms with van der Waals surface area (Å²) in [5.74, 6) is -0.198. The molecule has 8 nitrogen and oxygen atoms in total. The summed E-state index contributed by atoms with van der Waals surface area (Å²) in [5, 5.41) is 13.7. The maximum atomic E-state index is 12.8. The fourth-order valence-corrected chi connectivity index (χ4v) is 6.26. The molecule has 3 unspecified atom stereocenters. The lowest BCUT2D eigenvalue weighted by Crippen LogP contribution is -2.45. The predicted molar refractivity (Wildman–Crippen MR) is 212 cm³/mol. The summed E-state index contributed by atoms with van der Waals surface area (Å²) < 4.78 is 23.4. The molecule has 50 heavy (non-hydrogen) atoms. The Morgan fingerprint density at radius 2 is 1.10 bits per heavy atom. The largest absolute Gasteiger partial charge is 0.472 e. The average molecular weight is 728 g/mol. The maximum absolute atomic E-state index is 12.8. The molecule has 0 bridgehead atoms. The van der Waals surface area contributed by atoms with E-state index in [1.165, 1.54) is 96.3 Å². The number of unbranched alkanes of at least 4 members (excludes halogenated alkanes) is 19. The Bertz CT molecular complexity index is 917. The van der Waals surface area contributed by atoms with Gasteiger partial charge in [-0.05, 0) is 57.8 Å². The summed E-state index contributed by atoms with van der Waals surface area (Å²) in [6.07, 6.45) is 39.2. The molecule has 0 saturated heterocycles. The number of allylic oxidation sites excluding steroid dienone is 5. The fraction of sp³-hybridized carbons (Fsp3) is 0.829. The van der Waals surface area contributed by atoms with Crippen LogP contribution in [0.25, 0.3) is 0 Å². The summed E-state index contributed by atoms with van der Waals surface area (Å²) in [4.78, 5) is 23.0. The SMILES string of the molecule is CCCCCCCC/C=C/CC/C=C/C(O)C(COP(=O)(O)OCC[N+](C)(C)C)NC(=O)CCCCCCC/C=C\CCCCCCCCC. The second-order valence-corrected chi connectivity index (χ2v) is 16.5. The predicted octanol–water partition coefficient (Wildman–Crippen LogP) is 10.7. The molecule has 3 N–H and O–H groups in total. The molecule has 0 aliphatic heterocycles. The number of carbonyl (C=O) groups is 1. The van der Waals surface area contributed by atoms with E-state index in [1.807, 2.05) is 27.2 Å². The lowest BCUT2D eigenvalue weighted by Gasteiger charge is -2.25. The van der Waals surface area contributed by atoms with Crippen LogP contribution in [-0.2, 0) is 18.4 Å². The molecule has 0 spiro atoms. The number of hydrogen-bond donors (Lipinski definition) is 3. The van der Waals surface area contributed by atoms with E-state index in [4.69, 9.17) is 9.05 Å². The van der Waals surface area contributed by atoms with E-state index >= 15 is 0 Å². The van der Waals surface area contributed by atoms with Gasteiger partial charge in [0.05, 0.1) is 39.9 Å². The van der Waals surface area contributed by atoms with Gasteiger partial charge >= 0.3 is 7.82 Å². The van der Waals surface area contributed by atoms with Crippen molar-refractivity contribution in [3.05, 3.63) is 36.5 Å². The Morgan fingerprint density at radius 3 is 1.60 bits per heavy atom. The van der Waals surface area contributed by atoms with Gasteiger partial charge < -0.3 is 19.8 Å². The molecule has 0 aromatic heterocycles. The molecule has 0 fully saturated rings. The molecule has 0 aromatic rings. The molecule has 294 valence electrons. The number of nitrogens with zero attached hydrogens (tertiary/aromatic N) is 1. The van der Waals surface area contributed by atoms with Crippen molar-refractivity contribution in [1.29, 1.82) is 0 Å². The number of amides is 1. The molecule has 0 aromatic carbocycles. The Labute approximate surface area is 308 Å². The number of rotatable bonds is 36. The van der Waals surface area contributed by atoms with E-state index < -0.39 is 20.0 Å². The van der Waals surface area contributed by atoms with Crippen molar-refractivity contribution < 1.29 is 32.9 Å². The molecule has 0 saturated carbocycles. The number of likely N-dealkylation sites (N-methyl/N-ethyl adjacent to an activating group) is 1. The van der Waals surface area contributed by atoms with Gasteiger partial charge in [-0.3, -0.25) is 13.8 Å². The number of aliphatic hydroxyl groups is 1. The second kappa shape index (κ2) is 33.5. The van der Waals surface area contributed by atoms with Crippen molar-refractivity contribution >= 4 is 13.7 Å². The normalized spacial score (nSPS) is 14.9. The van der Waals surface area contributed by atoms with Gasteiger partial charge in [-0.2, -0.15) is 0 Å². The van der Waals surface area contributed by atoms with Gasteiger partial charge in [-0.25, -0.2) is 4.57 Å². The van der Waals surface area contributed by atoms with Crippen LogP contribution in [0.3, 0.4) is 0 Å². The van der Waals surface area contributed by atoms with Crippen LogP contribution < -0.4 is 5.32 Å². The van der Waals surface area contributed by atoms with Crippen LogP contribution in [0.4, 0.5) is 0 Å². The van der Waals surface area contributed by atoms with Gasteiger partial charge in [0.15, 0.2) is 0 Å². The second-order valence-electron chi connectivity index (χ2n) is 15.0. The Morgan fingerprint density at radius 1 is 0.660 bits per heavy atom. The third-order valence-electron chi connectivity index (χ3n) is 8.83. The van der Waals surface area contributed by atoms with Crippen LogP contribution in [0.1, 0.15) is 168 Å². The molecule has 1 amide bonds. The van der Waals surface area contributed by atoms with Gasteiger partial charge in [0, 0.05) is 6.42 Å². The topological polar surface area (TPSA) is 105 Å². The number of hydrogen-bond acceptors (Lipinski definition) is 5. The lowest BCUT2D eigenvalue weighted by molar-refractivity contribution is -0.870. The van der Waals surface area contributed by atoms with E-state index in [2.05, 4.69) is 43.5 Å². The third kappa shape index (κ3) is 35.1. The Kier molecular flexibility index (Phi) is 32.7. The zero-order valence-corrected chi connectivity index (χ0v) is 34.0. The number of quaternary nitrogens is 1. The molecule has 0 rings (SSSR count). The summed E-state index contributed by atoms with van der Waals surface area (Å²) in [5.41, 5.74) is 0. The quantitative estimate of drug-likeness (QED) is 0.0257. The minimum absolute atomic E-state index is 0.0542.